The minimum Gasteiger partial charge on any atom is -0.489 e. The van der Waals surface area contributed by atoms with Crippen LogP contribution in [0, 0.1) is 0 Å². The number of fused-ring (bicyclic) bond motifs is 1. The summed E-state index contributed by atoms with van der Waals surface area (Å²) < 4.78 is 21.9. The van der Waals surface area contributed by atoms with E-state index < -0.39 is 0 Å². The van der Waals surface area contributed by atoms with Crippen LogP contribution in [0.15, 0.2) is 84.0 Å². The van der Waals surface area contributed by atoms with Gasteiger partial charge in [-0.15, -0.1) is 0 Å². The van der Waals surface area contributed by atoms with Crippen molar-refractivity contribution in [2.45, 2.75) is 6.54 Å². The Bertz CT molecular complexity index is 1060. The van der Waals surface area contributed by atoms with E-state index in [2.05, 4.69) is 6.58 Å². The van der Waals surface area contributed by atoms with Gasteiger partial charge in [0.2, 0.25) is 6.79 Å². The van der Waals surface area contributed by atoms with Crippen molar-refractivity contribution >= 4 is 17.7 Å². The van der Waals surface area contributed by atoms with E-state index in [4.69, 9.17) is 18.6 Å². The van der Waals surface area contributed by atoms with Crippen LogP contribution in [-0.4, -0.2) is 19.3 Å². The van der Waals surface area contributed by atoms with E-state index in [0.717, 1.165) is 5.56 Å². The highest BCUT2D eigenvalue weighted by Gasteiger charge is 2.20. The Hall–Kier alpha value is -3.93. The molecule has 6 nitrogen and oxygen atoms in total. The highest BCUT2D eigenvalue weighted by Crippen LogP contribution is 2.36. The molecule has 1 aliphatic heterocycles. The second-order valence-corrected chi connectivity index (χ2v) is 6.52. The van der Waals surface area contributed by atoms with Gasteiger partial charge < -0.3 is 23.5 Å². The first-order valence-electron chi connectivity index (χ1n) is 9.49. The summed E-state index contributed by atoms with van der Waals surface area (Å²) in [6, 6.07) is 16.6. The van der Waals surface area contributed by atoms with Crippen molar-refractivity contribution in [3.63, 3.8) is 0 Å². The fraction of sp³-hybridized carbons (Fsp3) is 0.125. The van der Waals surface area contributed by atoms with Gasteiger partial charge in [0.05, 0.1) is 12.8 Å². The summed E-state index contributed by atoms with van der Waals surface area (Å²) in [7, 11) is 0. The number of amides is 1. The van der Waals surface area contributed by atoms with E-state index in [1.54, 1.807) is 47.6 Å². The van der Waals surface area contributed by atoms with E-state index in [9.17, 15) is 4.79 Å². The summed E-state index contributed by atoms with van der Waals surface area (Å²) in [5.74, 6) is 2.36. The fourth-order valence-electron chi connectivity index (χ4n) is 3.07. The van der Waals surface area contributed by atoms with Gasteiger partial charge in [0.15, 0.2) is 11.5 Å². The van der Waals surface area contributed by atoms with Gasteiger partial charge in [0.25, 0.3) is 5.91 Å². The van der Waals surface area contributed by atoms with Crippen LogP contribution in [-0.2, 0) is 11.3 Å². The number of benzene rings is 2. The second-order valence-electron chi connectivity index (χ2n) is 6.52. The number of carbonyl (C=O) groups excluding carboxylic acids is 1. The van der Waals surface area contributed by atoms with Gasteiger partial charge in [-0.2, -0.15) is 0 Å². The standard InChI is InChI=1S/C24H21NO5/c1-2-13-28-21-8-4-3-6-18(21)16-25(24(26)12-10-20-7-5-14-27-20)19-9-11-22-23(15-19)30-17-29-22/h2-12,14-15H,1,13,16-17H2. The molecule has 4 rings (SSSR count). The average Bonchev–Trinajstić information content (AvgIpc) is 3.46. The molecule has 30 heavy (non-hydrogen) atoms. The van der Waals surface area contributed by atoms with Crippen molar-refractivity contribution in [1.29, 1.82) is 0 Å². The third kappa shape index (κ3) is 4.38. The quantitative estimate of drug-likeness (QED) is 0.399. The molecule has 1 aromatic heterocycles. The molecule has 3 aromatic rings. The number of hydrogen-bond acceptors (Lipinski definition) is 5. The molecule has 0 fully saturated rings. The van der Waals surface area contributed by atoms with Crippen LogP contribution >= 0.6 is 0 Å². The summed E-state index contributed by atoms with van der Waals surface area (Å²) in [4.78, 5) is 14.8. The summed E-state index contributed by atoms with van der Waals surface area (Å²) in [5.41, 5.74) is 1.56. The zero-order valence-electron chi connectivity index (χ0n) is 16.3. The van der Waals surface area contributed by atoms with Crippen molar-refractivity contribution in [3.8, 4) is 17.2 Å². The molecule has 0 aliphatic carbocycles. The summed E-state index contributed by atoms with van der Waals surface area (Å²) in [5, 5.41) is 0. The molecule has 0 bridgehead atoms. The van der Waals surface area contributed by atoms with Gasteiger partial charge >= 0.3 is 0 Å². The van der Waals surface area contributed by atoms with Crippen molar-refractivity contribution in [3.05, 3.63) is 90.9 Å². The smallest absolute Gasteiger partial charge is 0.251 e. The Kier molecular flexibility index (Phi) is 5.85. The molecule has 0 spiro atoms. The Balaban J connectivity index is 1.65. The Morgan fingerprint density at radius 2 is 1.97 bits per heavy atom. The lowest BCUT2D eigenvalue weighted by atomic mass is 10.1. The van der Waals surface area contributed by atoms with Gasteiger partial charge in [-0.1, -0.05) is 30.9 Å². The lowest BCUT2D eigenvalue weighted by molar-refractivity contribution is -0.114. The highest BCUT2D eigenvalue weighted by molar-refractivity contribution is 6.03. The number of furan rings is 1. The summed E-state index contributed by atoms with van der Waals surface area (Å²) in [6.07, 6.45) is 6.37. The van der Waals surface area contributed by atoms with E-state index in [0.29, 0.717) is 41.8 Å². The first-order chi connectivity index (χ1) is 14.7. The average molecular weight is 403 g/mol. The van der Waals surface area contributed by atoms with Crippen LogP contribution in [0.25, 0.3) is 6.08 Å². The first-order valence-corrected chi connectivity index (χ1v) is 9.49. The van der Waals surface area contributed by atoms with Gasteiger partial charge in [0.1, 0.15) is 18.1 Å². The molecule has 0 saturated carbocycles. The molecule has 0 saturated heterocycles. The van der Waals surface area contributed by atoms with Crippen molar-refractivity contribution in [2.24, 2.45) is 0 Å². The SMILES string of the molecule is C=CCOc1ccccc1CN(C(=O)C=Cc1ccco1)c1ccc2c(c1)OCO2. The van der Waals surface area contributed by atoms with Crippen molar-refractivity contribution in [1.82, 2.24) is 0 Å². The monoisotopic (exact) mass is 403 g/mol. The molecule has 1 amide bonds. The third-order valence-corrected chi connectivity index (χ3v) is 4.52. The van der Waals surface area contributed by atoms with E-state index in [-0.39, 0.29) is 12.7 Å². The van der Waals surface area contributed by atoms with E-state index >= 15 is 0 Å². The lowest BCUT2D eigenvalue weighted by Crippen LogP contribution is -2.29. The van der Waals surface area contributed by atoms with E-state index in [1.165, 1.54) is 6.08 Å². The second kappa shape index (κ2) is 9.05. The fourth-order valence-corrected chi connectivity index (χ4v) is 3.07. The topological polar surface area (TPSA) is 61.1 Å². The van der Waals surface area contributed by atoms with Gasteiger partial charge in [0, 0.05) is 23.4 Å². The maximum absolute atomic E-state index is 13.1. The van der Waals surface area contributed by atoms with Gasteiger partial charge in [-0.05, 0) is 36.4 Å². The maximum Gasteiger partial charge on any atom is 0.251 e. The predicted octanol–water partition coefficient (Wildman–Crippen LogP) is 4.82. The number of rotatable bonds is 8. The lowest BCUT2D eigenvalue weighted by Gasteiger charge is -2.23. The van der Waals surface area contributed by atoms with Crippen molar-refractivity contribution < 1.29 is 23.4 Å². The van der Waals surface area contributed by atoms with Crippen LogP contribution in [0.2, 0.25) is 0 Å². The van der Waals surface area contributed by atoms with Gasteiger partial charge in [-0.3, -0.25) is 4.79 Å². The number of hydrogen-bond donors (Lipinski definition) is 0. The summed E-state index contributed by atoms with van der Waals surface area (Å²) in [6.45, 7) is 4.56. The maximum atomic E-state index is 13.1. The molecule has 0 atom stereocenters. The number of ether oxygens (including phenoxy) is 3. The Labute approximate surface area is 174 Å². The number of nitrogens with zero attached hydrogens (tertiary/aromatic N) is 1. The minimum atomic E-state index is -0.205. The molecule has 2 aromatic carbocycles. The molecular weight excluding hydrogens is 382 g/mol. The zero-order valence-corrected chi connectivity index (χ0v) is 16.3. The third-order valence-electron chi connectivity index (χ3n) is 4.52. The largest absolute Gasteiger partial charge is 0.489 e. The minimum absolute atomic E-state index is 0.170. The molecule has 0 radical (unpaired) electrons. The molecule has 2 heterocycles. The van der Waals surface area contributed by atoms with Crippen LogP contribution < -0.4 is 19.1 Å². The van der Waals surface area contributed by atoms with Crippen LogP contribution in [0.4, 0.5) is 5.69 Å². The Morgan fingerprint density at radius 1 is 1.10 bits per heavy atom. The van der Waals surface area contributed by atoms with Crippen LogP contribution in [0.3, 0.4) is 0 Å². The normalized spacial score (nSPS) is 12.1. The zero-order chi connectivity index (χ0) is 20.8. The molecule has 6 heteroatoms. The predicted molar refractivity (Wildman–Crippen MR) is 114 cm³/mol. The number of carbonyl (C=O) groups is 1. The van der Waals surface area contributed by atoms with Gasteiger partial charge in [-0.25, -0.2) is 0 Å². The van der Waals surface area contributed by atoms with Crippen LogP contribution in [0.5, 0.6) is 17.2 Å². The number of para-hydroxylation sites is 1. The molecule has 152 valence electrons. The van der Waals surface area contributed by atoms with Crippen LogP contribution in [0.1, 0.15) is 11.3 Å². The van der Waals surface area contributed by atoms with Crippen molar-refractivity contribution in [2.75, 3.05) is 18.3 Å². The first kappa shape index (κ1) is 19.4. The molecule has 1 aliphatic rings. The highest BCUT2D eigenvalue weighted by atomic mass is 16.7. The molecule has 0 unspecified atom stereocenters. The number of anilines is 1. The summed E-state index contributed by atoms with van der Waals surface area (Å²) >= 11 is 0. The van der Waals surface area contributed by atoms with E-state index in [1.807, 2.05) is 30.3 Å². The Morgan fingerprint density at radius 3 is 2.80 bits per heavy atom. The molecular formula is C24H21NO5. The molecule has 0 N–H and O–H groups in total.